The van der Waals surface area contributed by atoms with Gasteiger partial charge in [0.25, 0.3) is 5.91 Å². The van der Waals surface area contributed by atoms with Crippen molar-refractivity contribution in [1.82, 2.24) is 0 Å². The fraction of sp³-hybridized carbons (Fsp3) is 0.176. The molecule has 2 N–H and O–H groups in total. The molecule has 2 aromatic carbocycles. The largest absolute Gasteiger partial charge is 0.482 e. The molecule has 0 saturated carbocycles. The third-order valence-electron chi connectivity index (χ3n) is 3.54. The first-order chi connectivity index (χ1) is 11.5. The van der Waals surface area contributed by atoms with E-state index >= 15 is 0 Å². The van der Waals surface area contributed by atoms with Crippen molar-refractivity contribution in [2.24, 2.45) is 0 Å². The van der Waals surface area contributed by atoms with E-state index in [1.54, 1.807) is 30.3 Å². The minimum atomic E-state index is -0.314. The van der Waals surface area contributed by atoms with Crippen molar-refractivity contribution in [3.8, 4) is 5.75 Å². The number of carbonyl (C=O) groups excluding carboxylic acids is 2. The Balaban J connectivity index is 1.61. The molecule has 0 unspecified atom stereocenters. The summed E-state index contributed by atoms with van der Waals surface area (Å²) < 4.78 is 5.39. The highest BCUT2D eigenvalue weighted by molar-refractivity contribution is 6.34. The van der Waals surface area contributed by atoms with Crippen LogP contribution >= 0.6 is 23.2 Å². The zero-order valence-electron chi connectivity index (χ0n) is 12.6. The summed E-state index contributed by atoms with van der Waals surface area (Å²) in [5, 5.41) is 6.41. The van der Waals surface area contributed by atoms with Crippen molar-refractivity contribution in [1.29, 1.82) is 0 Å². The van der Waals surface area contributed by atoms with Gasteiger partial charge in [-0.15, -0.1) is 0 Å². The second-order valence-corrected chi connectivity index (χ2v) is 6.18. The van der Waals surface area contributed by atoms with Crippen LogP contribution in [0.1, 0.15) is 12.0 Å². The van der Waals surface area contributed by atoms with Gasteiger partial charge in [-0.2, -0.15) is 0 Å². The molecule has 0 fully saturated rings. The van der Waals surface area contributed by atoms with Gasteiger partial charge in [-0.1, -0.05) is 23.2 Å². The predicted octanol–water partition coefficient (Wildman–Crippen LogP) is 3.90. The molecule has 24 heavy (non-hydrogen) atoms. The van der Waals surface area contributed by atoms with Crippen molar-refractivity contribution in [3.05, 3.63) is 52.0 Å². The molecule has 2 amide bonds. The number of hydrogen-bond donors (Lipinski definition) is 2. The fourth-order valence-electron chi connectivity index (χ4n) is 2.39. The van der Waals surface area contributed by atoms with E-state index in [0.29, 0.717) is 34.3 Å². The molecule has 0 aromatic heterocycles. The summed E-state index contributed by atoms with van der Waals surface area (Å²) in [6.45, 7) is -0.187. The zero-order chi connectivity index (χ0) is 17.1. The third-order valence-corrected chi connectivity index (χ3v) is 4.08. The van der Waals surface area contributed by atoms with E-state index in [9.17, 15) is 9.59 Å². The first kappa shape index (κ1) is 16.6. The fourth-order valence-corrected chi connectivity index (χ4v) is 2.72. The molecule has 124 valence electrons. The van der Waals surface area contributed by atoms with Gasteiger partial charge in [0.15, 0.2) is 6.61 Å². The van der Waals surface area contributed by atoms with Gasteiger partial charge in [-0.3, -0.25) is 9.59 Å². The van der Waals surface area contributed by atoms with Crippen molar-refractivity contribution < 1.29 is 14.3 Å². The summed E-state index contributed by atoms with van der Waals surface area (Å²) in [6, 6.07) is 10.2. The molecule has 0 spiro atoms. The lowest BCUT2D eigenvalue weighted by atomic mass is 10.0. The molecular formula is C17H14Cl2N2O3. The van der Waals surface area contributed by atoms with Crippen LogP contribution in [0.4, 0.5) is 11.4 Å². The summed E-state index contributed by atoms with van der Waals surface area (Å²) in [7, 11) is 0. The number of amides is 2. The Hall–Kier alpha value is -2.24. The van der Waals surface area contributed by atoms with Crippen LogP contribution in [0.5, 0.6) is 5.75 Å². The average Bonchev–Trinajstić information content (AvgIpc) is 2.56. The minimum absolute atomic E-state index is 0.00564. The lowest BCUT2D eigenvalue weighted by Crippen LogP contribution is -2.21. The number of aryl methyl sites for hydroxylation is 1. The molecule has 3 rings (SSSR count). The molecule has 7 heteroatoms. The van der Waals surface area contributed by atoms with Crippen LogP contribution in [0.25, 0.3) is 0 Å². The number of benzene rings is 2. The number of ether oxygens (including phenoxy) is 1. The first-order valence-electron chi connectivity index (χ1n) is 7.32. The van der Waals surface area contributed by atoms with Gasteiger partial charge in [0.05, 0.1) is 5.02 Å². The summed E-state index contributed by atoms with van der Waals surface area (Å²) in [5.41, 5.74) is 2.42. The maximum Gasteiger partial charge on any atom is 0.262 e. The molecular weight excluding hydrogens is 351 g/mol. The van der Waals surface area contributed by atoms with E-state index < -0.39 is 0 Å². The molecule has 0 atom stereocenters. The van der Waals surface area contributed by atoms with Gasteiger partial charge in [0.1, 0.15) is 5.75 Å². The molecule has 1 aliphatic rings. The molecule has 0 saturated heterocycles. The van der Waals surface area contributed by atoms with Gasteiger partial charge in [0, 0.05) is 28.9 Å². The summed E-state index contributed by atoms with van der Waals surface area (Å²) in [5.74, 6) is 0.0457. The van der Waals surface area contributed by atoms with Gasteiger partial charge in [-0.05, 0) is 42.3 Å². The zero-order valence-corrected chi connectivity index (χ0v) is 14.1. The Bertz CT molecular complexity index is 808. The van der Waals surface area contributed by atoms with Crippen LogP contribution in [-0.4, -0.2) is 18.4 Å². The van der Waals surface area contributed by atoms with Crippen molar-refractivity contribution in [3.63, 3.8) is 0 Å². The first-order valence-corrected chi connectivity index (χ1v) is 8.07. The Labute approximate surface area is 148 Å². The number of halogens is 2. The third kappa shape index (κ3) is 3.99. The quantitative estimate of drug-likeness (QED) is 0.864. The van der Waals surface area contributed by atoms with Crippen LogP contribution in [0.3, 0.4) is 0 Å². The second kappa shape index (κ2) is 7.11. The minimum Gasteiger partial charge on any atom is -0.482 e. The SMILES string of the molecule is O=C(COc1cc(Cl)ccc1Cl)Nc1ccc2c(c1)CCC(=O)N2. The highest BCUT2D eigenvalue weighted by Gasteiger charge is 2.15. The van der Waals surface area contributed by atoms with Gasteiger partial charge >= 0.3 is 0 Å². The predicted molar refractivity (Wildman–Crippen MR) is 94.0 cm³/mol. The highest BCUT2D eigenvalue weighted by Crippen LogP contribution is 2.28. The van der Waals surface area contributed by atoms with E-state index in [-0.39, 0.29) is 18.4 Å². The molecule has 2 aromatic rings. The van der Waals surface area contributed by atoms with Crippen LogP contribution in [0.2, 0.25) is 10.0 Å². The molecule has 0 bridgehead atoms. The number of nitrogens with one attached hydrogen (secondary N) is 2. The Morgan fingerprint density at radius 1 is 1.17 bits per heavy atom. The number of carbonyl (C=O) groups is 2. The molecule has 1 aliphatic heterocycles. The molecule has 0 radical (unpaired) electrons. The summed E-state index contributed by atoms with van der Waals surface area (Å²) in [4.78, 5) is 23.4. The number of fused-ring (bicyclic) bond motifs is 1. The monoisotopic (exact) mass is 364 g/mol. The maximum absolute atomic E-state index is 12.0. The van der Waals surface area contributed by atoms with E-state index in [1.165, 1.54) is 0 Å². The Morgan fingerprint density at radius 3 is 2.83 bits per heavy atom. The number of hydrogen-bond acceptors (Lipinski definition) is 3. The number of anilines is 2. The Morgan fingerprint density at radius 2 is 2.00 bits per heavy atom. The topological polar surface area (TPSA) is 67.4 Å². The maximum atomic E-state index is 12.0. The van der Waals surface area contributed by atoms with E-state index in [2.05, 4.69) is 10.6 Å². The smallest absolute Gasteiger partial charge is 0.262 e. The highest BCUT2D eigenvalue weighted by atomic mass is 35.5. The lowest BCUT2D eigenvalue weighted by molar-refractivity contribution is -0.118. The van der Waals surface area contributed by atoms with Crippen molar-refractivity contribution in [2.75, 3.05) is 17.2 Å². The van der Waals surface area contributed by atoms with Crippen molar-refractivity contribution in [2.45, 2.75) is 12.8 Å². The van der Waals surface area contributed by atoms with E-state index in [1.807, 2.05) is 6.07 Å². The van der Waals surface area contributed by atoms with Gasteiger partial charge < -0.3 is 15.4 Å². The lowest BCUT2D eigenvalue weighted by Gasteiger charge is -2.17. The molecule has 5 nitrogen and oxygen atoms in total. The van der Waals surface area contributed by atoms with Crippen LogP contribution < -0.4 is 15.4 Å². The average molecular weight is 365 g/mol. The van der Waals surface area contributed by atoms with Crippen LogP contribution in [-0.2, 0) is 16.0 Å². The standard InChI is InChI=1S/C17H14Cl2N2O3/c18-11-2-4-13(19)15(8-11)24-9-17(23)20-12-3-5-14-10(7-12)1-6-16(22)21-14/h2-5,7-8H,1,6,9H2,(H,20,23)(H,21,22). The normalized spacial score (nSPS) is 13.0. The molecule has 1 heterocycles. The van der Waals surface area contributed by atoms with Crippen LogP contribution in [0.15, 0.2) is 36.4 Å². The van der Waals surface area contributed by atoms with Gasteiger partial charge in [0.2, 0.25) is 5.91 Å². The second-order valence-electron chi connectivity index (χ2n) is 5.33. The van der Waals surface area contributed by atoms with E-state index in [0.717, 1.165) is 11.3 Å². The van der Waals surface area contributed by atoms with Crippen molar-refractivity contribution >= 4 is 46.4 Å². The van der Waals surface area contributed by atoms with E-state index in [4.69, 9.17) is 27.9 Å². The number of rotatable bonds is 4. The summed E-state index contributed by atoms with van der Waals surface area (Å²) >= 11 is 11.9. The van der Waals surface area contributed by atoms with Crippen LogP contribution in [0, 0.1) is 0 Å². The van der Waals surface area contributed by atoms with Gasteiger partial charge in [-0.25, -0.2) is 0 Å². The summed E-state index contributed by atoms with van der Waals surface area (Å²) in [6.07, 6.45) is 1.10. The molecule has 0 aliphatic carbocycles. The Kier molecular flexibility index (Phi) is 4.92.